The molecule has 3 rings (SSSR count). The van der Waals surface area contributed by atoms with Crippen molar-refractivity contribution in [2.75, 3.05) is 0 Å². The van der Waals surface area contributed by atoms with Gasteiger partial charge in [-0.3, -0.25) is 0 Å². The minimum Gasteiger partial charge on any atom is -0.235 e. The van der Waals surface area contributed by atoms with Gasteiger partial charge in [0.05, 0.1) is 6.20 Å². The highest BCUT2D eigenvalue weighted by atomic mass is 15.2. The van der Waals surface area contributed by atoms with E-state index in [-0.39, 0.29) is 0 Å². The van der Waals surface area contributed by atoms with E-state index >= 15 is 0 Å². The van der Waals surface area contributed by atoms with Crippen LogP contribution in [0.2, 0.25) is 0 Å². The Labute approximate surface area is 97.8 Å². The predicted molar refractivity (Wildman–Crippen MR) is 63.1 cm³/mol. The number of aromatic nitrogens is 3. The maximum absolute atomic E-state index is 8.87. The molecular formula is C13H8N4. The van der Waals surface area contributed by atoms with E-state index in [1.165, 1.54) is 6.20 Å². The molecule has 0 aliphatic rings. The summed E-state index contributed by atoms with van der Waals surface area (Å²) < 4.78 is 1.63. The van der Waals surface area contributed by atoms with Gasteiger partial charge in [-0.2, -0.15) is 10.4 Å². The first-order valence-electron chi connectivity index (χ1n) is 5.17. The summed E-state index contributed by atoms with van der Waals surface area (Å²) in [6.45, 7) is 0. The van der Waals surface area contributed by atoms with E-state index in [9.17, 15) is 0 Å². The largest absolute Gasteiger partial charge is 0.235 e. The van der Waals surface area contributed by atoms with Gasteiger partial charge in [-0.15, -0.1) is 0 Å². The van der Waals surface area contributed by atoms with E-state index in [4.69, 9.17) is 5.26 Å². The van der Waals surface area contributed by atoms with Crippen molar-refractivity contribution in [3.63, 3.8) is 0 Å². The van der Waals surface area contributed by atoms with Gasteiger partial charge in [-0.1, -0.05) is 30.3 Å². The number of nitrogens with zero attached hydrogens (tertiary/aromatic N) is 4. The average molecular weight is 220 g/mol. The van der Waals surface area contributed by atoms with Crippen molar-refractivity contribution in [3.05, 3.63) is 54.5 Å². The van der Waals surface area contributed by atoms with Gasteiger partial charge in [0.25, 0.3) is 0 Å². The van der Waals surface area contributed by atoms with Gasteiger partial charge in [0.2, 0.25) is 0 Å². The van der Waals surface area contributed by atoms with E-state index in [1.807, 2.05) is 36.5 Å². The summed E-state index contributed by atoms with van der Waals surface area (Å²) in [5.41, 5.74) is 3.14. The Balaban J connectivity index is 2.19. The van der Waals surface area contributed by atoms with Crippen molar-refractivity contribution in [1.29, 1.82) is 5.26 Å². The van der Waals surface area contributed by atoms with Crippen LogP contribution in [0.3, 0.4) is 0 Å². The lowest BCUT2D eigenvalue weighted by atomic mass is 10.1. The zero-order valence-corrected chi connectivity index (χ0v) is 8.91. The zero-order valence-electron chi connectivity index (χ0n) is 8.91. The first kappa shape index (κ1) is 9.55. The van der Waals surface area contributed by atoms with Crippen molar-refractivity contribution >= 4 is 5.65 Å². The fourth-order valence-corrected chi connectivity index (χ4v) is 1.73. The summed E-state index contributed by atoms with van der Waals surface area (Å²) in [7, 11) is 0. The molecule has 0 aliphatic heterocycles. The van der Waals surface area contributed by atoms with Crippen LogP contribution in [0, 0.1) is 11.3 Å². The molecule has 4 nitrogen and oxygen atoms in total. The molecule has 0 N–H and O–H groups in total. The summed E-state index contributed by atoms with van der Waals surface area (Å²) in [5.74, 6) is 0. The molecule has 0 spiro atoms. The second-order valence-electron chi connectivity index (χ2n) is 3.65. The normalized spacial score (nSPS) is 10.3. The van der Waals surface area contributed by atoms with Crippen LogP contribution in [-0.2, 0) is 0 Å². The van der Waals surface area contributed by atoms with E-state index in [0.29, 0.717) is 11.2 Å². The van der Waals surface area contributed by atoms with Crippen molar-refractivity contribution in [1.82, 2.24) is 14.6 Å². The molecule has 0 amide bonds. The van der Waals surface area contributed by atoms with Gasteiger partial charge < -0.3 is 0 Å². The summed E-state index contributed by atoms with van der Waals surface area (Å²) in [5, 5.41) is 13.0. The summed E-state index contributed by atoms with van der Waals surface area (Å²) in [4.78, 5) is 4.27. The lowest BCUT2D eigenvalue weighted by molar-refractivity contribution is 0.941. The molecule has 17 heavy (non-hydrogen) atoms. The third-order valence-electron chi connectivity index (χ3n) is 2.58. The van der Waals surface area contributed by atoms with Crippen LogP contribution >= 0.6 is 0 Å². The fraction of sp³-hybridized carbons (Fsp3) is 0. The standard InChI is InChI=1S/C13H8N4/c14-6-11-8-16-17-9-12(7-15-13(11)17)10-4-2-1-3-5-10/h1-5,7-9H. The van der Waals surface area contributed by atoms with Gasteiger partial charge in [0.15, 0.2) is 5.65 Å². The lowest BCUT2D eigenvalue weighted by Gasteiger charge is -2.01. The molecule has 1 aromatic carbocycles. The van der Waals surface area contributed by atoms with Crippen LogP contribution in [0.5, 0.6) is 0 Å². The summed E-state index contributed by atoms with van der Waals surface area (Å²) >= 11 is 0. The second kappa shape index (κ2) is 3.72. The van der Waals surface area contributed by atoms with Crippen molar-refractivity contribution in [3.8, 4) is 17.2 Å². The van der Waals surface area contributed by atoms with E-state index in [2.05, 4.69) is 16.2 Å². The molecular weight excluding hydrogens is 212 g/mol. The highest BCUT2D eigenvalue weighted by Crippen LogP contribution is 2.18. The molecule has 0 radical (unpaired) electrons. The van der Waals surface area contributed by atoms with Crippen LogP contribution in [0.25, 0.3) is 16.8 Å². The Kier molecular flexibility index (Phi) is 2.09. The van der Waals surface area contributed by atoms with E-state index < -0.39 is 0 Å². The highest BCUT2D eigenvalue weighted by molar-refractivity contribution is 5.64. The summed E-state index contributed by atoms with van der Waals surface area (Å²) in [6.07, 6.45) is 5.16. The number of benzene rings is 1. The Bertz CT molecular complexity index is 707. The minimum atomic E-state index is 0.490. The molecule has 0 fully saturated rings. The van der Waals surface area contributed by atoms with Crippen molar-refractivity contribution in [2.24, 2.45) is 0 Å². The van der Waals surface area contributed by atoms with Gasteiger partial charge in [0, 0.05) is 18.0 Å². The lowest BCUT2D eigenvalue weighted by Crippen LogP contribution is -1.91. The molecule has 0 saturated heterocycles. The third-order valence-corrected chi connectivity index (χ3v) is 2.58. The molecule has 0 saturated carbocycles. The molecule has 4 heteroatoms. The average Bonchev–Trinajstić information content (AvgIpc) is 2.81. The molecule has 2 aromatic heterocycles. The van der Waals surface area contributed by atoms with Gasteiger partial charge in [-0.05, 0) is 5.56 Å². The van der Waals surface area contributed by atoms with Crippen LogP contribution in [0.1, 0.15) is 5.56 Å². The van der Waals surface area contributed by atoms with Crippen molar-refractivity contribution < 1.29 is 0 Å². The smallest absolute Gasteiger partial charge is 0.172 e. The number of fused-ring (bicyclic) bond motifs is 1. The Morgan fingerprint density at radius 1 is 1.06 bits per heavy atom. The second-order valence-corrected chi connectivity index (χ2v) is 3.65. The topological polar surface area (TPSA) is 54.0 Å². The minimum absolute atomic E-state index is 0.490. The van der Waals surface area contributed by atoms with Gasteiger partial charge in [-0.25, -0.2) is 9.50 Å². The molecule has 2 heterocycles. The van der Waals surface area contributed by atoms with E-state index in [0.717, 1.165) is 11.1 Å². The van der Waals surface area contributed by atoms with Crippen molar-refractivity contribution in [2.45, 2.75) is 0 Å². The first-order valence-corrected chi connectivity index (χ1v) is 5.17. The van der Waals surface area contributed by atoms with Crippen LogP contribution in [0.4, 0.5) is 0 Å². The van der Waals surface area contributed by atoms with Gasteiger partial charge >= 0.3 is 0 Å². The maximum Gasteiger partial charge on any atom is 0.172 e. The molecule has 80 valence electrons. The van der Waals surface area contributed by atoms with E-state index in [1.54, 1.807) is 10.7 Å². The van der Waals surface area contributed by atoms with Crippen LogP contribution in [0.15, 0.2) is 48.9 Å². The zero-order chi connectivity index (χ0) is 11.7. The number of nitriles is 1. The first-order chi connectivity index (χ1) is 8.38. The molecule has 0 bridgehead atoms. The predicted octanol–water partition coefficient (Wildman–Crippen LogP) is 2.27. The Hall–Kier alpha value is -2.67. The Morgan fingerprint density at radius 2 is 1.88 bits per heavy atom. The van der Waals surface area contributed by atoms with Crippen LogP contribution < -0.4 is 0 Å². The third kappa shape index (κ3) is 1.54. The number of hydrogen-bond acceptors (Lipinski definition) is 3. The molecule has 3 aromatic rings. The molecule has 0 atom stereocenters. The molecule has 0 aliphatic carbocycles. The fourth-order valence-electron chi connectivity index (χ4n) is 1.73. The highest BCUT2D eigenvalue weighted by Gasteiger charge is 2.05. The Morgan fingerprint density at radius 3 is 2.65 bits per heavy atom. The van der Waals surface area contributed by atoms with Gasteiger partial charge in [0.1, 0.15) is 11.6 Å². The summed E-state index contributed by atoms with van der Waals surface area (Å²) in [6, 6.07) is 12.0. The maximum atomic E-state index is 8.87. The monoisotopic (exact) mass is 220 g/mol. The van der Waals surface area contributed by atoms with Crippen LogP contribution in [-0.4, -0.2) is 14.6 Å². The molecule has 0 unspecified atom stereocenters. The SMILES string of the molecule is N#Cc1cnn2cc(-c3ccccc3)cnc12. The number of rotatable bonds is 1. The quantitative estimate of drug-likeness (QED) is 0.632. The number of hydrogen-bond donors (Lipinski definition) is 0.